The monoisotopic (exact) mass is 264 g/mol. The number of carbonyl (C=O) groups excluding carboxylic acids is 2. The van der Waals surface area contributed by atoms with E-state index in [2.05, 4.69) is 11.5 Å². The molecule has 1 fully saturated rings. The quantitative estimate of drug-likeness (QED) is 0.394. The molecular formula is C10H20N2O6. The van der Waals surface area contributed by atoms with Crippen molar-refractivity contribution in [1.29, 1.82) is 0 Å². The first-order valence-electron chi connectivity index (χ1n) is 5.71. The average molecular weight is 264 g/mol. The zero-order chi connectivity index (χ0) is 14.3. The summed E-state index contributed by atoms with van der Waals surface area (Å²) in [5.41, 5.74) is 8.03. The second-order valence-electron chi connectivity index (χ2n) is 4.33. The summed E-state index contributed by atoms with van der Waals surface area (Å²) >= 11 is 0. The fourth-order valence-electron chi connectivity index (χ4n) is 1.54. The highest BCUT2D eigenvalue weighted by Crippen LogP contribution is 2.12. The van der Waals surface area contributed by atoms with Crippen molar-refractivity contribution in [3.05, 3.63) is 0 Å². The van der Waals surface area contributed by atoms with Crippen molar-refractivity contribution in [2.75, 3.05) is 0 Å². The second-order valence-corrected chi connectivity index (χ2v) is 4.33. The fraction of sp³-hybridized carbons (Fsp3) is 0.800. The largest absolute Gasteiger partial charge is 0.547 e. The molecule has 1 rings (SSSR count). The van der Waals surface area contributed by atoms with E-state index in [1.165, 1.54) is 25.7 Å². The van der Waals surface area contributed by atoms with Crippen LogP contribution in [0.1, 0.15) is 25.7 Å². The van der Waals surface area contributed by atoms with Crippen LogP contribution in [0.2, 0.25) is 0 Å². The molecule has 8 heteroatoms. The van der Waals surface area contributed by atoms with E-state index in [1.807, 2.05) is 0 Å². The van der Waals surface area contributed by atoms with Gasteiger partial charge in [0.15, 0.2) is 0 Å². The Kier molecular flexibility index (Phi) is 7.44. The van der Waals surface area contributed by atoms with E-state index in [4.69, 9.17) is 10.2 Å². The Bertz CT molecular complexity index is 258. The lowest BCUT2D eigenvalue weighted by Crippen LogP contribution is -2.80. The molecule has 0 heterocycles. The summed E-state index contributed by atoms with van der Waals surface area (Å²) in [6.45, 7) is 0. The van der Waals surface area contributed by atoms with Crippen molar-refractivity contribution in [2.45, 2.75) is 50.0 Å². The summed E-state index contributed by atoms with van der Waals surface area (Å²) in [6, 6.07) is 1.28. The van der Waals surface area contributed by atoms with E-state index in [0.717, 1.165) is 0 Å². The van der Waals surface area contributed by atoms with E-state index in [-0.39, 0.29) is 0 Å². The third kappa shape index (κ3) is 5.92. The summed E-state index contributed by atoms with van der Waals surface area (Å²) in [6.07, 6.45) is 0.470. The van der Waals surface area contributed by atoms with Gasteiger partial charge in [0.25, 0.3) is 0 Å². The zero-order valence-corrected chi connectivity index (χ0v) is 10.1. The van der Waals surface area contributed by atoms with Crippen LogP contribution in [0.15, 0.2) is 0 Å². The topological polar surface area (TPSA) is 176 Å². The van der Waals surface area contributed by atoms with Crippen LogP contribution in [0.25, 0.3) is 0 Å². The van der Waals surface area contributed by atoms with Gasteiger partial charge in [-0.2, -0.15) is 0 Å². The lowest BCUT2D eigenvalue weighted by molar-refractivity contribution is -0.534. The van der Waals surface area contributed by atoms with Crippen LogP contribution >= 0.6 is 0 Å². The van der Waals surface area contributed by atoms with Gasteiger partial charge in [-0.05, 0) is 12.8 Å². The fourth-order valence-corrected chi connectivity index (χ4v) is 1.54. The molecule has 18 heavy (non-hydrogen) atoms. The van der Waals surface area contributed by atoms with Crippen LogP contribution < -0.4 is 21.7 Å². The van der Waals surface area contributed by atoms with Crippen LogP contribution in [0.3, 0.4) is 0 Å². The molecule has 8 nitrogen and oxygen atoms in total. The average Bonchev–Trinajstić information content (AvgIpc) is 2.31. The number of hydrogen-bond acceptors (Lipinski definition) is 6. The first-order valence-corrected chi connectivity index (χ1v) is 5.71. The first kappa shape index (κ1) is 16.8. The predicted octanol–water partition coefficient (Wildman–Crippen LogP) is -6.01. The minimum atomic E-state index is -2.44. The van der Waals surface area contributed by atoms with Gasteiger partial charge >= 0.3 is 0 Å². The molecule has 1 aliphatic carbocycles. The van der Waals surface area contributed by atoms with E-state index in [0.29, 0.717) is 12.1 Å². The van der Waals surface area contributed by atoms with Crippen molar-refractivity contribution in [1.82, 2.24) is 0 Å². The molecule has 0 amide bonds. The van der Waals surface area contributed by atoms with Crippen molar-refractivity contribution in [3.63, 3.8) is 0 Å². The molecule has 4 atom stereocenters. The first-order chi connectivity index (χ1) is 8.27. The molecule has 106 valence electrons. The number of aliphatic hydroxyl groups is 2. The highest BCUT2D eigenvalue weighted by Gasteiger charge is 2.23. The molecule has 0 spiro atoms. The maximum absolute atomic E-state index is 9.63. The number of carboxylic acid groups (broad SMARTS) is 2. The summed E-state index contributed by atoms with van der Waals surface area (Å²) in [5, 5.41) is 35.7. The number of carbonyl (C=O) groups is 2. The van der Waals surface area contributed by atoms with Crippen LogP contribution in [-0.2, 0) is 9.59 Å². The normalized spacial score (nSPS) is 26.4. The third-order valence-corrected chi connectivity index (χ3v) is 2.85. The SMILES string of the molecule is O=C([O-])C(O)C(O)C(=O)[O-].[NH3+]C1CCCC[C@H]1[NH3+]. The van der Waals surface area contributed by atoms with E-state index < -0.39 is 24.1 Å². The minimum absolute atomic E-state index is 0.642. The smallest absolute Gasteiger partial charge is 0.137 e. The number of hydrogen-bond donors (Lipinski definition) is 4. The van der Waals surface area contributed by atoms with Crippen LogP contribution in [-0.4, -0.2) is 46.4 Å². The van der Waals surface area contributed by atoms with Gasteiger partial charge in [-0.25, -0.2) is 0 Å². The van der Waals surface area contributed by atoms with Crippen LogP contribution in [0, 0.1) is 0 Å². The Balaban J connectivity index is 0.000000327. The Morgan fingerprint density at radius 2 is 1.22 bits per heavy atom. The Morgan fingerprint density at radius 3 is 1.39 bits per heavy atom. The summed E-state index contributed by atoms with van der Waals surface area (Å²) < 4.78 is 0. The molecule has 1 saturated carbocycles. The van der Waals surface area contributed by atoms with Gasteiger partial charge in [0, 0.05) is 12.8 Å². The lowest BCUT2D eigenvalue weighted by Gasteiger charge is -2.18. The summed E-state index contributed by atoms with van der Waals surface area (Å²) in [7, 11) is 0. The molecule has 8 N–H and O–H groups in total. The van der Waals surface area contributed by atoms with Crippen molar-refractivity contribution in [3.8, 4) is 0 Å². The molecule has 0 bridgehead atoms. The number of carboxylic acids is 2. The molecule has 3 unspecified atom stereocenters. The standard InChI is InChI=1S/C6H14N2.C4H6O6/c7-5-3-1-2-4-6(5)8;5-1(3(7)8)2(6)4(9)10/h5-6H,1-4,7-8H2;1-2,5-6H,(H,7,8)(H,9,10)/t5-,6?;/m1./s1. The predicted molar refractivity (Wildman–Crippen MR) is 53.8 cm³/mol. The van der Waals surface area contributed by atoms with Gasteiger partial charge in [-0.15, -0.1) is 0 Å². The minimum Gasteiger partial charge on any atom is -0.547 e. The molecule has 0 aromatic rings. The van der Waals surface area contributed by atoms with Crippen LogP contribution in [0.4, 0.5) is 0 Å². The van der Waals surface area contributed by atoms with E-state index >= 15 is 0 Å². The van der Waals surface area contributed by atoms with Gasteiger partial charge in [0.05, 0.1) is 11.9 Å². The lowest BCUT2D eigenvalue weighted by atomic mass is 9.92. The second kappa shape index (κ2) is 7.98. The van der Waals surface area contributed by atoms with Crippen LogP contribution in [0.5, 0.6) is 0 Å². The molecule has 0 aliphatic heterocycles. The van der Waals surface area contributed by atoms with E-state index in [9.17, 15) is 19.8 Å². The van der Waals surface area contributed by atoms with Gasteiger partial charge in [-0.3, -0.25) is 0 Å². The molecular weight excluding hydrogens is 244 g/mol. The zero-order valence-electron chi connectivity index (χ0n) is 10.1. The third-order valence-electron chi connectivity index (χ3n) is 2.85. The highest BCUT2D eigenvalue weighted by molar-refractivity contribution is 5.80. The maximum Gasteiger partial charge on any atom is 0.137 e. The number of aliphatic hydroxyl groups excluding tert-OH is 2. The Hall–Kier alpha value is -1.22. The van der Waals surface area contributed by atoms with Crippen molar-refractivity contribution >= 4 is 11.9 Å². The highest BCUT2D eigenvalue weighted by atomic mass is 16.4. The molecule has 0 aromatic carbocycles. The van der Waals surface area contributed by atoms with Gasteiger partial charge < -0.3 is 41.5 Å². The number of aliphatic carboxylic acids is 2. The Morgan fingerprint density at radius 1 is 0.944 bits per heavy atom. The van der Waals surface area contributed by atoms with Crippen molar-refractivity contribution in [2.24, 2.45) is 0 Å². The Labute approximate surface area is 104 Å². The van der Waals surface area contributed by atoms with Crippen molar-refractivity contribution < 1.29 is 41.5 Å². The molecule has 1 aliphatic rings. The molecule has 0 radical (unpaired) electrons. The van der Waals surface area contributed by atoms with Gasteiger partial charge in [0.2, 0.25) is 0 Å². The van der Waals surface area contributed by atoms with Gasteiger partial charge in [0.1, 0.15) is 24.3 Å². The summed E-state index contributed by atoms with van der Waals surface area (Å²) in [5.74, 6) is -4.12. The number of rotatable bonds is 3. The van der Waals surface area contributed by atoms with Gasteiger partial charge in [-0.1, -0.05) is 0 Å². The molecule has 0 saturated heterocycles. The number of quaternary nitrogens is 2. The van der Waals surface area contributed by atoms with E-state index in [1.54, 1.807) is 0 Å². The summed E-state index contributed by atoms with van der Waals surface area (Å²) in [4.78, 5) is 19.3. The molecule has 0 aromatic heterocycles. The maximum atomic E-state index is 9.63.